The second-order valence-electron chi connectivity index (χ2n) is 5.04. The van der Waals surface area contributed by atoms with Crippen molar-refractivity contribution >= 4 is 11.6 Å². The average Bonchev–Trinajstić information content (AvgIpc) is 2.93. The van der Waals surface area contributed by atoms with Crippen molar-refractivity contribution < 1.29 is 9.21 Å². The molecule has 0 saturated heterocycles. The molecule has 1 aromatic carbocycles. The third-order valence-corrected chi connectivity index (χ3v) is 3.00. The number of carbonyl (C=O) groups excluding carboxylic acids is 1. The molecule has 21 heavy (non-hydrogen) atoms. The minimum Gasteiger partial charge on any atom is -0.444 e. The molecule has 6 nitrogen and oxygen atoms in total. The number of nitrogens with one attached hydrogen (secondary N) is 1. The molecule has 2 rings (SSSR count). The van der Waals surface area contributed by atoms with E-state index in [1.807, 2.05) is 26.2 Å². The van der Waals surface area contributed by atoms with Crippen LogP contribution in [0.15, 0.2) is 34.9 Å². The number of oxazole rings is 1. The van der Waals surface area contributed by atoms with Gasteiger partial charge < -0.3 is 20.4 Å². The van der Waals surface area contributed by atoms with Gasteiger partial charge in [-0.2, -0.15) is 0 Å². The maximum Gasteiger partial charge on any atom is 0.273 e. The molecule has 0 aliphatic heterocycles. The highest BCUT2D eigenvalue weighted by Crippen LogP contribution is 2.24. The topological polar surface area (TPSA) is 84.4 Å². The second-order valence-corrected chi connectivity index (χ2v) is 5.04. The monoisotopic (exact) mass is 288 g/mol. The first-order chi connectivity index (χ1) is 10.1. The van der Waals surface area contributed by atoms with Crippen molar-refractivity contribution in [2.75, 3.05) is 32.9 Å². The number of nitrogens with zero attached hydrogens (tertiary/aromatic N) is 2. The Morgan fingerprint density at radius 2 is 2.14 bits per heavy atom. The molecule has 0 fully saturated rings. The molecule has 0 bridgehead atoms. The molecule has 0 radical (unpaired) electrons. The Morgan fingerprint density at radius 1 is 1.38 bits per heavy atom. The molecule has 0 atom stereocenters. The number of aromatic nitrogens is 1. The Kier molecular flexibility index (Phi) is 4.94. The van der Waals surface area contributed by atoms with Gasteiger partial charge >= 0.3 is 0 Å². The summed E-state index contributed by atoms with van der Waals surface area (Å²) in [7, 11) is 3.99. The summed E-state index contributed by atoms with van der Waals surface area (Å²) in [5, 5.41) is 2.81. The van der Waals surface area contributed by atoms with Crippen LogP contribution in [0.1, 0.15) is 16.9 Å². The molecule has 112 valence electrons. The van der Waals surface area contributed by atoms with Crippen LogP contribution in [0.4, 0.5) is 5.69 Å². The summed E-state index contributed by atoms with van der Waals surface area (Å²) in [5.41, 5.74) is 7.37. The van der Waals surface area contributed by atoms with E-state index in [1.165, 1.54) is 6.26 Å². The molecule has 1 amide bonds. The number of nitrogen functional groups attached to an aromatic ring is 1. The Morgan fingerprint density at radius 3 is 2.86 bits per heavy atom. The minimum atomic E-state index is -0.238. The molecule has 0 aliphatic rings. The lowest BCUT2D eigenvalue weighted by molar-refractivity contribution is 0.0947. The van der Waals surface area contributed by atoms with E-state index < -0.39 is 0 Å². The number of anilines is 1. The first-order valence-corrected chi connectivity index (χ1v) is 6.81. The highest BCUT2D eigenvalue weighted by Gasteiger charge is 2.14. The van der Waals surface area contributed by atoms with Gasteiger partial charge in [-0.25, -0.2) is 4.98 Å². The van der Waals surface area contributed by atoms with E-state index in [4.69, 9.17) is 10.2 Å². The number of hydrogen-bond acceptors (Lipinski definition) is 5. The quantitative estimate of drug-likeness (QED) is 0.623. The summed E-state index contributed by atoms with van der Waals surface area (Å²) in [6, 6.07) is 7.25. The van der Waals surface area contributed by atoms with Gasteiger partial charge in [0.25, 0.3) is 5.91 Å². The highest BCUT2D eigenvalue weighted by molar-refractivity contribution is 5.92. The van der Waals surface area contributed by atoms with Gasteiger partial charge in [0.2, 0.25) is 5.89 Å². The van der Waals surface area contributed by atoms with Gasteiger partial charge in [-0.3, -0.25) is 4.79 Å². The second kappa shape index (κ2) is 6.90. The van der Waals surface area contributed by atoms with Crippen molar-refractivity contribution in [1.82, 2.24) is 15.2 Å². The number of nitrogens with two attached hydrogens (primary N) is 1. The normalized spacial score (nSPS) is 10.8. The zero-order chi connectivity index (χ0) is 15.2. The predicted molar refractivity (Wildman–Crippen MR) is 81.9 cm³/mol. The van der Waals surface area contributed by atoms with E-state index in [9.17, 15) is 4.79 Å². The van der Waals surface area contributed by atoms with E-state index in [2.05, 4.69) is 15.2 Å². The van der Waals surface area contributed by atoms with Crippen LogP contribution >= 0.6 is 0 Å². The van der Waals surface area contributed by atoms with E-state index >= 15 is 0 Å². The molecule has 2 aromatic rings. The lowest BCUT2D eigenvalue weighted by atomic mass is 10.2. The van der Waals surface area contributed by atoms with E-state index in [1.54, 1.807) is 12.1 Å². The first kappa shape index (κ1) is 15.1. The van der Waals surface area contributed by atoms with Crippen molar-refractivity contribution in [3.63, 3.8) is 0 Å². The number of para-hydroxylation sites is 1. The minimum absolute atomic E-state index is 0.238. The Hall–Kier alpha value is -2.34. The van der Waals surface area contributed by atoms with E-state index in [-0.39, 0.29) is 11.6 Å². The van der Waals surface area contributed by atoms with Gasteiger partial charge in [-0.15, -0.1) is 0 Å². The largest absolute Gasteiger partial charge is 0.444 e. The smallest absolute Gasteiger partial charge is 0.273 e. The van der Waals surface area contributed by atoms with Crippen molar-refractivity contribution in [3.8, 4) is 11.5 Å². The molecule has 6 heteroatoms. The molecular weight excluding hydrogens is 268 g/mol. The Bertz CT molecular complexity index is 607. The number of hydrogen-bond donors (Lipinski definition) is 2. The molecule has 0 unspecified atom stereocenters. The van der Waals surface area contributed by atoms with Gasteiger partial charge in [0.15, 0.2) is 5.69 Å². The van der Waals surface area contributed by atoms with Gasteiger partial charge in [-0.1, -0.05) is 12.1 Å². The van der Waals surface area contributed by atoms with Gasteiger partial charge in [0.05, 0.1) is 5.56 Å². The highest BCUT2D eigenvalue weighted by atomic mass is 16.3. The summed E-state index contributed by atoms with van der Waals surface area (Å²) < 4.78 is 5.34. The van der Waals surface area contributed by atoms with Crippen molar-refractivity contribution in [2.24, 2.45) is 0 Å². The third-order valence-electron chi connectivity index (χ3n) is 3.00. The zero-order valence-corrected chi connectivity index (χ0v) is 12.3. The van der Waals surface area contributed by atoms with Crippen LogP contribution in [0, 0.1) is 0 Å². The fourth-order valence-corrected chi connectivity index (χ4v) is 1.88. The number of rotatable bonds is 6. The third kappa shape index (κ3) is 4.06. The average molecular weight is 288 g/mol. The van der Waals surface area contributed by atoms with Crippen LogP contribution in [0.25, 0.3) is 11.5 Å². The predicted octanol–water partition coefficient (Wildman–Crippen LogP) is 1.61. The summed E-state index contributed by atoms with van der Waals surface area (Å²) in [5.74, 6) is 0.116. The molecule has 1 heterocycles. The summed E-state index contributed by atoms with van der Waals surface area (Å²) in [4.78, 5) is 18.2. The summed E-state index contributed by atoms with van der Waals surface area (Å²) >= 11 is 0. The Labute approximate surface area is 124 Å². The lowest BCUT2D eigenvalue weighted by Crippen LogP contribution is -2.27. The van der Waals surface area contributed by atoms with Crippen LogP contribution in [-0.4, -0.2) is 43.0 Å². The fraction of sp³-hybridized carbons (Fsp3) is 0.333. The van der Waals surface area contributed by atoms with Crippen molar-refractivity contribution in [3.05, 3.63) is 36.2 Å². The molecular formula is C15H20N4O2. The zero-order valence-electron chi connectivity index (χ0n) is 12.3. The SMILES string of the molecule is CN(C)CCCNC(=O)c1coc(-c2ccccc2N)n1. The van der Waals surface area contributed by atoms with Gasteiger partial charge in [0.1, 0.15) is 6.26 Å². The molecule has 0 spiro atoms. The maximum atomic E-state index is 11.9. The first-order valence-electron chi connectivity index (χ1n) is 6.81. The molecule has 0 saturated carbocycles. The fourth-order valence-electron chi connectivity index (χ4n) is 1.88. The maximum absolute atomic E-state index is 11.9. The van der Waals surface area contributed by atoms with Gasteiger partial charge in [0, 0.05) is 12.2 Å². The van der Waals surface area contributed by atoms with Crippen LogP contribution < -0.4 is 11.1 Å². The molecule has 3 N–H and O–H groups in total. The van der Waals surface area contributed by atoms with Crippen LogP contribution in [0.5, 0.6) is 0 Å². The van der Waals surface area contributed by atoms with Crippen LogP contribution in [0.2, 0.25) is 0 Å². The summed E-state index contributed by atoms with van der Waals surface area (Å²) in [6.45, 7) is 1.53. The van der Waals surface area contributed by atoms with Crippen LogP contribution in [-0.2, 0) is 0 Å². The number of amides is 1. The van der Waals surface area contributed by atoms with Crippen LogP contribution in [0.3, 0.4) is 0 Å². The van der Waals surface area contributed by atoms with E-state index in [0.717, 1.165) is 13.0 Å². The molecule has 1 aromatic heterocycles. The lowest BCUT2D eigenvalue weighted by Gasteiger charge is -2.08. The van der Waals surface area contributed by atoms with Gasteiger partial charge in [-0.05, 0) is 39.2 Å². The number of benzene rings is 1. The number of carbonyl (C=O) groups is 1. The van der Waals surface area contributed by atoms with Crippen molar-refractivity contribution in [1.29, 1.82) is 0 Å². The molecule has 0 aliphatic carbocycles. The standard InChI is InChI=1S/C15H20N4O2/c1-19(2)9-5-8-17-14(20)13-10-21-15(18-13)11-6-3-4-7-12(11)16/h3-4,6-7,10H,5,8-9,16H2,1-2H3,(H,17,20). The Balaban J connectivity index is 1.97. The summed E-state index contributed by atoms with van der Waals surface area (Å²) in [6.07, 6.45) is 2.23. The van der Waals surface area contributed by atoms with E-state index in [0.29, 0.717) is 23.7 Å². The van der Waals surface area contributed by atoms with Crippen molar-refractivity contribution in [2.45, 2.75) is 6.42 Å².